The fourth-order valence-electron chi connectivity index (χ4n) is 1.76. The summed E-state index contributed by atoms with van der Waals surface area (Å²) in [6.07, 6.45) is 0. The maximum atomic E-state index is 5.15. The van der Waals surface area contributed by atoms with Crippen LogP contribution in [0.15, 0.2) is 15.6 Å². The molecule has 22 heavy (non-hydrogen) atoms. The first-order valence-corrected chi connectivity index (χ1v) is 7.77. The Morgan fingerprint density at radius 1 is 1.32 bits per heavy atom. The molecular formula is C14H22IN5OS. The van der Waals surface area contributed by atoms with Crippen molar-refractivity contribution in [2.45, 2.75) is 40.8 Å². The average molecular weight is 435 g/mol. The van der Waals surface area contributed by atoms with Gasteiger partial charge in [0.2, 0.25) is 0 Å². The van der Waals surface area contributed by atoms with Gasteiger partial charge in [-0.1, -0.05) is 5.16 Å². The van der Waals surface area contributed by atoms with Crippen molar-refractivity contribution in [2.24, 2.45) is 4.99 Å². The highest BCUT2D eigenvalue weighted by atomic mass is 127. The molecule has 2 N–H and O–H groups in total. The quantitative estimate of drug-likeness (QED) is 0.429. The highest BCUT2D eigenvalue weighted by molar-refractivity contribution is 14.0. The number of guanidine groups is 1. The first kappa shape index (κ1) is 18.9. The van der Waals surface area contributed by atoms with Crippen molar-refractivity contribution >= 4 is 41.3 Å². The van der Waals surface area contributed by atoms with E-state index in [0.29, 0.717) is 13.1 Å². The van der Waals surface area contributed by atoms with Crippen LogP contribution in [0.3, 0.4) is 0 Å². The third-order valence-electron chi connectivity index (χ3n) is 2.89. The third-order valence-corrected chi connectivity index (χ3v) is 3.97. The molecule has 0 spiro atoms. The number of nitrogens with zero attached hydrogens (tertiary/aromatic N) is 3. The number of rotatable bonds is 5. The van der Waals surface area contributed by atoms with Crippen molar-refractivity contribution < 1.29 is 4.52 Å². The van der Waals surface area contributed by atoms with Gasteiger partial charge in [-0.05, 0) is 27.7 Å². The lowest BCUT2D eigenvalue weighted by Crippen LogP contribution is -2.36. The monoisotopic (exact) mass is 435 g/mol. The number of hydrogen-bond donors (Lipinski definition) is 2. The summed E-state index contributed by atoms with van der Waals surface area (Å²) in [7, 11) is 0. The van der Waals surface area contributed by atoms with E-state index in [1.54, 1.807) is 11.3 Å². The molecule has 0 radical (unpaired) electrons. The number of aromatic nitrogens is 2. The predicted molar refractivity (Wildman–Crippen MR) is 99.9 cm³/mol. The minimum atomic E-state index is 0. The van der Waals surface area contributed by atoms with Crippen LogP contribution in [-0.2, 0) is 13.1 Å². The average Bonchev–Trinajstić information content (AvgIpc) is 3.00. The summed E-state index contributed by atoms with van der Waals surface area (Å²) in [5, 5.41) is 11.4. The van der Waals surface area contributed by atoms with Gasteiger partial charge in [0, 0.05) is 17.5 Å². The summed E-state index contributed by atoms with van der Waals surface area (Å²) in [6, 6.07) is 1.89. The van der Waals surface area contributed by atoms with Crippen LogP contribution in [0.5, 0.6) is 0 Å². The number of nitrogens with one attached hydrogen (secondary N) is 2. The van der Waals surface area contributed by atoms with Crippen LogP contribution in [0.4, 0.5) is 0 Å². The van der Waals surface area contributed by atoms with Gasteiger partial charge in [-0.3, -0.25) is 0 Å². The molecule has 2 heterocycles. The van der Waals surface area contributed by atoms with Crippen LogP contribution in [0, 0.1) is 20.8 Å². The number of aryl methyl sites for hydroxylation is 3. The first-order chi connectivity index (χ1) is 10.1. The van der Waals surface area contributed by atoms with Gasteiger partial charge < -0.3 is 15.2 Å². The molecule has 6 nitrogen and oxygen atoms in total. The second-order valence-electron chi connectivity index (χ2n) is 4.73. The van der Waals surface area contributed by atoms with E-state index in [2.05, 4.69) is 32.7 Å². The summed E-state index contributed by atoms with van der Waals surface area (Å²) >= 11 is 1.71. The second kappa shape index (κ2) is 9.09. The van der Waals surface area contributed by atoms with E-state index in [4.69, 9.17) is 4.52 Å². The molecule has 0 atom stereocenters. The van der Waals surface area contributed by atoms with Crippen molar-refractivity contribution in [2.75, 3.05) is 6.54 Å². The Bertz CT molecular complexity index is 603. The van der Waals surface area contributed by atoms with Crippen LogP contribution in [0.1, 0.15) is 34.0 Å². The number of hydrogen-bond acceptors (Lipinski definition) is 5. The molecule has 0 amide bonds. The molecule has 2 aromatic heterocycles. The van der Waals surface area contributed by atoms with E-state index < -0.39 is 0 Å². The summed E-state index contributed by atoms with van der Waals surface area (Å²) < 4.78 is 5.15. The number of thiazole rings is 1. The van der Waals surface area contributed by atoms with Gasteiger partial charge in [0.15, 0.2) is 11.7 Å². The maximum Gasteiger partial charge on any atom is 0.192 e. The number of halogens is 1. The number of aliphatic imine (C=N–C) groups is 1. The fraction of sp³-hybridized carbons (Fsp3) is 0.500. The first-order valence-electron chi connectivity index (χ1n) is 6.95. The zero-order valence-electron chi connectivity index (χ0n) is 13.3. The summed E-state index contributed by atoms with van der Waals surface area (Å²) in [4.78, 5) is 10.2. The molecule has 0 aliphatic heterocycles. The molecule has 0 fully saturated rings. The van der Waals surface area contributed by atoms with Crippen LogP contribution >= 0.6 is 35.3 Å². The molecule has 2 aromatic rings. The van der Waals surface area contributed by atoms with Crippen molar-refractivity contribution in [1.29, 1.82) is 0 Å². The van der Waals surface area contributed by atoms with Crippen LogP contribution in [-0.4, -0.2) is 22.6 Å². The SMILES string of the molecule is CCNC(=NCc1cc(C)no1)NCc1nc(C)c(C)s1.I. The normalized spacial score (nSPS) is 11.2. The zero-order chi connectivity index (χ0) is 15.2. The van der Waals surface area contributed by atoms with E-state index >= 15 is 0 Å². The van der Waals surface area contributed by atoms with Gasteiger partial charge in [0.1, 0.15) is 11.6 Å². The smallest absolute Gasteiger partial charge is 0.192 e. The van der Waals surface area contributed by atoms with Crippen molar-refractivity contribution in [3.8, 4) is 0 Å². The lowest BCUT2D eigenvalue weighted by atomic mass is 10.4. The van der Waals surface area contributed by atoms with Gasteiger partial charge in [-0.15, -0.1) is 35.3 Å². The largest absolute Gasteiger partial charge is 0.359 e. The van der Waals surface area contributed by atoms with Crippen molar-refractivity contribution in [1.82, 2.24) is 20.8 Å². The van der Waals surface area contributed by atoms with Crippen LogP contribution in [0.2, 0.25) is 0 Å². The highest BCUT2D eigenvalue weighted by Crippen LogP contribution is 2.15. The molecular weight excluding hydrogens is 413 g/mol. The standard InChI is InChI=1S/C14H21N5OS.HI/c1-5-15-14(16-7-12-6-9(2)19-20-12)17-8-13-18-10(3)11(4)21-13;/h6H,5,7-8H2,1-4H3,(H2,15,16,17);1H. The van der Waals surface area contributed by atoms with Crippen LogP contribution in [0.25, 0.3) is 0 Å². The maximum absolute atomic E-state index is 5.15. The van der Waals surface area contributed by atoms with E-state index in [1.165, 1.54) is 4.88 Å². The van der Waals surface area contributed by atoms with E-state index in [9.17, 15) is 0 Å². The molecule has 0 saturated heterocycles. The van der Waals surface area contributed by atoms with Gasteiger partial charge in [0.05, 0.1) is 17.9 Å². The second-order valence-corrected chi connectivity index (χ2v) is 6.02. The molecule has 0 aliphatic carbocycles. The molecule has 0 saturated carbocycles. The summed E-state index contributed by atoms with van der Waals surface area (Å²) in [6.45, 7) is 9.98. The Balaban J connectivity index is 0.00000242. The van der Waals surface area contributed by atoms with Gasteiger partial charge >= 0.3 is 0 Å². The minimum absolute atomic E-state index is 0. The molecule has 8 heteroatoms. The Morgan fingerprint density at radius 2 is 2.09 bits per heavy atom. The van der Waals surface area contributed by atoms with Gasteiger partial charge in [-0.2, -0.15) is 0 Å². The summed E-state index contributed by atoms with van der Waals surface area (Å²) in [5.41, 5.74) is 1.96. The van der Waals surface area contributed by atoms with E-state index in [1.807, 2.05) is 26.8 Å². The molecule has 122 valence electrons. The Morgan fingerprint density at radius 3 is 2.64 bits per heavy atom. The van der Waals surface area contributed by atoms with E-state index in [0.717, 1.165) is 34.7 Å². The Hall–Kier alpha value is -1.16. The molecule has 0 aliphatic rings. The molecule has 0 bridgehead atoms. The molecule has 0 unspecified atom stereocenters. The van der Waals surface area contributed by atoms with Crippen molar-refractivity contribution in [3.05, 3.63) is 33.1 Å². The van der Waals surface area contributed by atoms with Crippen LogP contribution < -0.4 is 10.6 Å². The van der Waals surface area contributed by atoms with Crippen molar-refractivity contribution in [3.63, 3.8) is 0 Å². The topological polar surface area (TPSA) is 75.3 Å². The lowest BCUT2D eigenvalue weighted by Gasteiger charge is -2.09. The predicted octanol–water partition coefficient (Wildman–Crippen LogP) is 2.93. The Labute approximate surface area is 151 Å². The zero-order valence-corrected chi connectivity index (χ0v) is 16.4. The Kier molecular flexibility index (Phi) is 7.80. The lowest BCUT2D eigenvalue weighted by molar-refractivity contribution is 0.381. The molecule has 2 rings (SSSR count). The highest BCUT2D eigenvalue weighted by Gasteiger charge is 2.05. The third kappa shape index (κ3) is 5.56. The fourth-order valence-corrected chi connectivity index (χ4v) is 2.64. The van der Waals surface area contributed by atoms with E-state index in [-0.39, 0.29) is 24.0 Å². The minimum Gasteiger partial charge on any atom is -0.359 e. The van der Waals surface area contributed by atoms with Gasteiger partial charge in [-0.25, -0.2) is 9.98 Å². The molecule has 0 aromatic carbocycles. The summed E-state index contributed by atoms with van der Waals surface area (Å²) in [5.74, 6) is 1.50. The van der Waals surface area contributed by atoms with Gasteiger partial charge in [0.25, 0.3) is 0 Å².